The number of urea groups is 1. The van der Waals surface area contributed by atoms with Crippen LogP contribution in [0.25, 0.3) is 0 Å². The Balaban J connectivity index is 1.39. The van der Waals surface area contributed by atoms with Gasteiger partial charge in [-0.25, -0.2) is 4.79 Å². The average molecular weight is 338 g/mol. The third-order valence-electron chi connectivity index (χ3n) is 4.05. The van der Waals surface area contributed by atoms with Crippen LogP contribution in [-0.4, -0.2) is 53.7 Å². The molecule has 0 unspecified atom stereocenters. The van der Waals surface area contributed by atoms with Crippen LogP contribution in [0.5, 0.6) is 0 Å². The summed E-state index contributed by atoms with van der Waals surface area (Å²) in [7, 11) is 0. The topological polar surface area (TPSA) is 61.6 Å². The van der Waals surface area contributed by atoms with Crippen LogP contribution in [0, 0.1) is 18.8 Å². The van der Waals surface area contributed by atoms with Gasteiger partial charge in [-0.15, -0.1) is 0 Å². The number of aromatic nitrogens is 1. The quantitative estimate of drug-likeness (QED) is 0.868. The Morgan fingerprint density at radius 1 is 1.24 bits per heavy atom. The van der Waals surface area contributed by atoms with Crippen molar-refractivity contribution in [3.8, 4) is 11.8 Å². The van der Waals surface area contributed by atoms with E-state index in [1.807, 2.05) is 48.2 Å². The molecule has 0 aliphatic carbocycles. The second kappa shape index (κ2) is 8.36. The Bertz CT molecular complexity index is 752. The lowest BCUT2D eigenvalue weighted by atomic mass is 10.2. The maximum absolute atomic E-state index is 12.2. The van der Waals surface area contributed by atoms with Gasteiger partial charge in [0.1, 0.15) is 0 Å². The van der Waals surface area contributed by atoms with E-state index in [9.17, 15) is 4.79 Å². The number of piperazine rings is 1. The Hall–Kier alpha value is -2.78. The number of carbonyl (C=O) groups is 1. The van der Waals surface area contributed by atoms with E-state index in [-0.39, 0.29) is 6.03 Å². The van der Waals surface area contributed by atoms with E-state index < -0.39 is 0 Å². The van der Waals surface area contributed by atoms with Crippen LogP contribution in [0.4, 0.5) is 4.79 Å². The molecule has 1 saturated heterocycles. The van der Waals surface area contributed by atoms with Gasteiger partial charge in [-0.1, -0.05) is 35.2 Å². The van der Waals surface area contributed by atoms with E-state index in [1.165, 1.54) is 0 Å². The highest BCUT2D eigenvalue weighted by Gasteiger charge is 2.21. The van der Waals surface area contributed by atoms with Crippen molar-refractivity contribution in [2.45, 2.75) is 13.5 Å². The third kappa shape index (κ3) is 5.10. The summed E-state index contributed by atoms with van der Waals surface area (Å²) in [6.45, 7) is 6.04. The number of hydrogen-bond donors (Lipinski definition) is 1. The smallest absolute Gasteiger partial charge is 0.318 e. The van der Waals surface area contributed by atoms with Crippen LogP contribution >= 0.6 is 0 Å². The van der Waals surface area contributed by atoms with Crippen molar-refractivity contribution in [1.29, 1.82) is 0 Å². The van der Waals surface area contributed by atoms with Gasteiger partial charge >= 0.3 is 6.03 Å². The predicted octanol–water partition coefficient (Wildman–Crippen LogP) is 1.86. The lowest BCUT2D eigenvalue weighted by Crippen LogP contribution is -2.51. The molecule has 6 nitrogen and oxygen atoms in total. The molecule has 130 valence electrons. The number of amides is 2. The maximum atomic E-state index is 12.2. The minimum absolute atomic E-state index is 0.0579. The van der Waals surface area contributed by atoms with E-state index >= 15 is 0 Å². The zero-order valence-electron chi connectivity index (χ0n) is 14.4. The molecule has 2 heterocycles. The SMILES string of the molecule is Cc1cc(CN2CCN(C(=O)NCC#Cc3ccccc3)CC2)on1. The first-order chi connectivity index (χ1) is 12.2. The Labute approximate surface area is 147 Å². The molecule has 0 radical (unpaired) electrons. The monoisotopic (exact) mass is 338 g/mol. The Morgan fingerprint density at radius 3 is 2.68 bits per heavy atom. The van der Waals surface area contributed by atoms with Gasteiger partial charge in [0.15, 0.2) is 5.76 Å². The molecule has 2 aromatic rings. The number of benzene rings is 1. The molecule has 25 heavy (non-hydrogen) atoms. The molecule has 1 aliphatic heterocycles. The second-order valence-electron chi connectivity index (χ2n) is 6.02. The maximum Gasteiger partial charge on any atom is 0.318 e. The van der Waals surface area contributed by atoms with Crippen molar-refractivity contribution < 1.29 is 9.32 Å². The second-order valence-corrected chi connectivity index (χ2v) is 6.02. The first-order valence-corrected chi connectivity index (χ1v) is 8.42. The highest BCUT2D eigenvalue weighted by Crippen LogP contribution is 2.09. The van der Waals surface area contributed by atoms with Crippen molar-refractivity contribution in [3.05, 3.63) is 53.4 Å². The fourth-order valence-corrected chi connectivity index (χ4v) is 2.72. The molecule has 0 saturated carbocycles. The Kier molecular flexibility index (Phi) is 5.70. The molecule has 1 aromatic carbocycles. The minimum atomic E-state index is -0.0579. The number of aryl methyl sites for hydroxylation is 1. The molecule has 0 atom stereocenters. The molecule has 0 spiro atoms. The van der Waals surface area contributed by atoms with E-state index in [0.717, 1.165) is 36.7 Å². The molecule has 1 fully saturated rings. The molecular formula is C19H22N4O2. The molecule has 1 N–H and O–H groups in total. The van der Waals surface area contributed by atoms with Crippen molar-refractivity contribution in [2.24, 2.45) is 0 Å². The lowest BCUT2D eigenvalue weighted by molar-refractivity contribution is 0.128. The molecule has 1 aromatic heterocycles. The zero-order chi connectivity index (χ0) is 17.5. The van der Waals surface area contributed by atoms with Gasteiger partial charge in [0, 0.05) is 37.8 Å². The number of rotatable bonds is 3. The summed E-state index contributed by atoms with van der Waals surface area (Å²) in [5.41, 5.74) is 1.85. The van der Waals surface area contributed by atoms with Gasteiger partial charge in [-0.2, -0.15) is 0 Å². The van der Waals surface area contributed by atoms with Gasteiger partial charge in [-0.05, 0) is 19.1 Å². The van der Waals surface area contributed by atoms with Crippen LogP contribution < -0.4 is 5.32 Å². The number of nitrogens with one attached hydrogen (secondary N) is 1. The summed E-state index contributed by atoms with van der Waals surface area (Å²) in [5, 5.41) is 6.76. The molecule has 6 heteroatoms. The first kappa shape index (κ1) is 17.1. The number of carbonyl (C=O) groups excluding carboxylic acids is 1. The van der Waals surface area contributed by atoms with Crippen LogP contribution in [-0.2, 0) is 6.54 Å². The van der Waals surface area contributed by atoms with Crippen molar-refractivity contribution in [3.63, 3.8) is 0 Å². The van der Waals surface area contributed by atoms with Crippen LogP contribution in [0.1, 0.15) is 17.0 Å². The minimum Gasteiger partial charge on any atom is -0.360 e. The van der Waals surface area contributed by atoms with Gasteiger partial charge in [0.05, 0.1) is 18.8 Å². The molecule has 3 rings (SSSR count). The summed E-state index contributed by atoms with van der Waals surface area (Å²) < 4.78 is 5.24. The summed E-state index contributed by atoms with van der Waals surface area (Å²) in [4.78, 5) is 16.3. The van der Waals surface area contributed by atoms with Crippen molar-refractivity contribution >= 4 is 6.03 Å². The molecule has 0 bridgehead atoms. The summed E-state index contributed by atoms with van der Waals surface area (Å²) >= 11 is 0. The largest absolute Gasteiger partial charge is 0.360 e. The van der Waals surface area contributed by atoms with Gasteiger partial charge < -0.3 is 14.7 Å². The first-order valence-electron chi connectivity index (χ1n) is 8.42. The highest BCUT2D eigenvalue weighted by atomic mass is 16.5. The number of nitrogens with zero attached hydrogens (tertiary/aromatic N) is 3. The standard InChI is InChI=1S/C19H22N4O2/c1-16-14-18(25-21-16)15-22-10-12-23(13-11-22)19(24)20-9-5-8-17-6-3-2-4-7-17/h2-4,6-7,14H,9-13,15H2,1H3,(H,20,24). The predicted molar refractivity (Wildman–Crippen MR) is 94.8 cm³/mol. The Morgan fingerprint density at radius 2 is 2.00 bits per heavy atom. The highest BCUT2D eigenvalue weighted by molar-refractivity contribution is 5.74. The fourth-order valence-electron chi connectivity index (χ4n) is 2.72. The van der Waals surface area contributed by atoms with Crippen LogP contribution in [0.3, 0.4) is 0 Å². The van der Waals surface area contributed by atoms with Crippen LogP contribution in [0.15, 0.2) is 40.9 Å². The van der Waals surface area contributed by atoms with E-state index in [2.05, 4.69) is 27.2 Å². The fraction of sp³-hybridized carbons (Fsp3) is 0.368. The normalized spacial score (nSPS) is 14.7. The molecule has 1 aliphatic rings. The lowest BCUT2D eigenvalue weighted by Gasteiger charge is -2.33. The summed E-state index contributed by atoms with van der Waals surface area (Å²) in [6, 6.07) is 11.6. The van der Waals surface area contributed by atoms with Crippen LogP contribution in [0.2, 0.25) is 0 Å². The van der Waals surface area contributed by atoms with Gasteiger partial charge in [0.25, 0.3) is 0 Å². The average Bonchev–Trinajstić information content (AvgIpc) is 3.05. The van der Waals surface area contributed by atoms with Crippen molar-refractivity contribution in [1.82, 2.24) is 20.3 Å². The molecule has 2 amide bonds. The summed E-state index contributed by atoms with van der Waals surface area (Å²) in [5.74, 6) is 6.88. The van der Waals surface area contributed by atoms with E-state index in [4.69, 9.17) is 4.52 Å². The zero-order valence-corrected chi connectivity index (χ0v) is 14.4. The number of hydrogen-bond acceptors (Lipinski definition) is 4. The third-order valence-corrected chi connectivity index (χ3v) is 4.05. The van der Waals surface area contributed by atoms with E-state index in [1.54, 1.807) is 0 Å². The van der Waals surface area contributed by atoms with E-state index in [0.29, 0.717) is 19.6 Å². The molecular weight excluding hydrogens is 316 g/mol. The van der Waals surface area contributed by atoms with Crippen molar-refractivity contribution in [2.75, 3.05) is 32.7 Å². The van der Waals surface area contributed by atoms with Gasteiger partial charge in [-0.3, -0.25) is 4.90 Å². The van der Waals surface area contributed by atoms with Gasteiger partial charge in [0.2, 0.25) is 0 Å². The summed E-state index contributed by atoms with van der Waals surface area (Å²) in [6.07, 6.45) is 0.